The van der Waals surface area contributed by atoms with Gasteiger partial charge in [-0.3, -0.25) is 9.59 Å². The van der Waals surface area contributed by atoms with E-state index in [-0.39, 0.29) is 30.4 Å². The van der Waals surface area contributed by atoms with Gasteiger partial charge in [-0.1, -0.05) is 62.4 Å². The second-order valence-corrected chi connectivity index (χ2v) is 10.1. The summed E-state index contributed by atoms with van der Waals surface area (Å²) in [5, 5.41) is 12.1. The highest BCUT2D eigenvalue weighted by molar-refractivity contribution is 5.86. The van der Waals surface area contributed by atoms with E-state index in [2.05, 4.69) is 29.6 Å². The second kappa shape index (κ2) is 10.5. The first-order valence-corrected chi connectivity index (χ1v) is 12.4. The highest BCUT2D eigenvalue weighted by Gasteiger charge is 2.36. The lowest BCUT2D eigenvalue weighted by Gasteiger charge is -2.38. The summed E-state index contributed by atoms with van der Waals surface area (Å²) >= 11 is 0. The van der Waals surface area contributed by atoms with Gasteiger partial charge in [0.25, 0.3) is 0 Å². The number of amides is 2. The number of carboxylic acid groups (broad SMARTS) is 1. The number of nitrogens with zero attached hydrogens (tertiary/aromatic N) is 1. The van der Waals surface area contributed by atoms with E-state index in [0.717, 1.165) is 22.3 Å². The van der Waals surface area contributed by atoms with Crippen LogP contribution in [0.2, 0.25) is 0 Å². The lowest BCUT2D eigenvalue weighted by atomic mass is 9.90. The lowest BCUT2D eigenvalue weighted by molar-refractivity contribution is -0.148. The van der Waals surface area contributed by atoms with Crippen molar-refractivity contribution in [3.05, 3.63) is 59.7 Å². The van der Waals surface area contributed by atoms with E-state index in [1.165, 1.54) is 0 Å². The summed E-state index contributed by atoms with van der Waals surface area (Å²) in [5.74, 6) is -1.30. The second-order valence-electron chi connectivity index (χ2n) is 10.1. The molecule has 0 radical (unpaired) electrons. The molecule has 35 heavy (non-hydrogen) atoms. The van der Waals surface area contributed by atoms with Crippen molar-refractivity contribution in [2.24, 2.45) is 11.8 Å². The zero-order valence-corrected chi connectivity index (χ0v) is 20.6. The smallest absolute Gasteiger partial charge is 0.407 e. The van der Waals surface area contributed by atoms with Gasteiger partial charge in [0, 0.05) is 18.5 Å². The average Bonchev–Trinajstić information content (AvgIpc) is 3.15. The summed E-state index contributed by atoms with van der Waals surface area (Å²) < 4.78 is 5.67. The van der Waals surface area contributed by atoms with Crippen LogP contribution in [0.1, 0.15) is 57.1 Å². The van der Waals surface area contributed by atoms with Crippen LogP contribution < -0.4 is 5.32 Å². The summed E-state index contributed by atoms with van der Waals surface area (Å²) in [7, 11) is 0. The fraction of sp³-hybridized carbons (Fsp3) is 0.464. The van der Waals surface area contributed by atoms with Gasteiger partial charge in [0.05, 0.1) is 5.92 Å². The van der Waals surface area contributed by atoms with Gasteiger partial charge < -0.3 is 20.1 Å². The number of carbonyl (C=O) groups is 3. The highest BCUT2D eigenvalue weighted by atomic mass is 16.5. The largest absolute Gasteiger partial charge is 0.481 e. The van der Waals surface area contributed by atoms with E-state index < -0.39 is 24.0 Å². The number of piperidine rings is 1. The van der Waals surface area contributed by atoms with Gasteiger partial charge in [0.1, 0.15) is 12.6 Å². The number of alkyl carbamates (subject to hydrolysis) is 1. The molecule has 0 aromatic heterocycles. The normalized spacial score (nSPS) is 20.2. The third-order valence-corrected chi connectivity index (χ3v) is 7.15. The van der Waals surface area contributed by atoms with Crippen LogP contribution in [0.4, 0.5) is 4.79 Å². The molecule has 1 saturated heterocycles. The van der Waals surface area contributed by atoms with Crippen LogP contribution in [-0.4, -0.2) is 53.2 Å². The van der Waals surface area contributed by atoms with Crippen molar-refractivity contribution < 1.29 is 24.2 Å². The molecular formula is C28H34N2O5. The third kappa shape index (κ3) is 5.34. The third-order valence-electron chi connectivity index (χ3n) is 7.15. The number of benzene rings is 2. The number of hydrogen-bond acceptors (Lipinski definition) is 4. The molecule has 7 nitrogen and oxygen atoms in total. The molecule has 1 heterocycles. The Labute approximate surface area is 206 Å². The Morgan fingerprint density at radius 3 is 2.20 bits per heavy atom. The number of rotatable bonds is 7. The van der Waals surface area contributed by atoms with Crippen molar-refractivity contribution in [3.63, 3.8) is 0 Å². The predicted molar refractivity (Wildman–Crippen MR) is 133 cm³/mol. The van der Waals surface area contributed by atoms with Gasteiger partial charge in [-0.2, -0.15) is 0 Å². The zero-order chi connectivity index (χ0) is 25.1. The average molecular weight is 479 g/mol. The summed E-state index contributed by atoms with van der Waals surface area (Å²) in [4.78, 5) is 39.3. The van der Waals surface area contributed by atoms with Gasteiger partial charge in [0.15, 0.2) is 0 Å². The maximum Gasteiger partial charge on any atom is 0.407 e. The Bertz CT molecular complexity index is 1050. The Balaban J connectivity index is 1.42. The molecule has 0 bridgehead atoms. The standard InChI is InChI=1S/C28H34N2O5/c1-17(2)14-25(26(31)30-13-12-19(27(32)33)15-18(30)3)29-28(34)35-16-24-22-10-6-4-8-20(22)21-9-5-7-11-23(21)24/h4-11,17-19,24-25H,12-16H2,1-3H3,(H,29,34)(H,32,33)/t18-,19-,25?/m0/s1. The van der Waals surface area contributed by atoms with Crippen molar-refractivity contribution in [2.45, 2.75) is 58.0 Å². The van der Waals surface area contributed by atoms with E-state index in [0.29, 0.717) is 25.8 Å². The van der Waals surface area contributed by atoms with Gasteiger partial charge in [-0.05, 0) is 54.4 Å². The fourth-order valence-corrected chi connectivity index (χ4v) is 5.40. The van der Waals surface area contributed by atoms with E-state index in [1.54, 1.807) is 4.90 Å². The maximum absolute atomic E-state index is 13.4. The Morgan fingerprint density at radius 2 is 1.66 bits per heavy atom. The van der Waals surface area contributed by atoms with Crippen molar-refractivity contribution in [3.8, 4) is 11.1 Å². The molecule has 1 fully saturated rings. The van der Waals surface area contributed by atoms with Crippen LogP contribution in [0, 0.1) is 11.8 Å². The van der Waals surface area contributed by atoms with Crippen LogP contribution >= 0.6 is 0 Å². The van der Waals surface area contributed by atoms with Gasteiger partial charge in [-0.25, -0.2) is 4.79 Å². The Kier molecular flexibility index (Phi) is 7.43. The van der Waals surface area contributed by atoms with Crippen molar-refractivity contribution in [1.29, 1.82) is 0 Å². The number of ether oxygens (including phenoxy) is 1. The lowest BCUT2D eigenvalue weighted by Crippen LogP contribution is -2.54. The summed E-state index contributed by atoms with van der Waals surface area (Å²) in [5.41, 5.74) is 4.57. The number of aliphatic carboxylic acids is 1. The topological polar surface area (TPSA) is 95.9 Å². The zero-order valence-electron chi connectivity index (χ0n) is 20.6. The minimum Gasteiger partial charge on any atom is -0.481 e. The molecule has 7 heteroatoms. The molecule has 0 saturated carbocycles. The molecule has 2 amide bonds. The minimum absolute atomic E-state index is 0.0533. The molecule has 4 rings (SSSR count). The van der Waals surface area contributed by atoms with Crippen LogP contribution in [0.5, 0.6) is 0 Å². The number of carboxylic acids is 1. The summed E-state index contributed by atoms with van der Waals surface area (Å²) in [6, 6.07) is 15.4. The first-order valence-electron chi connectivity index (χ1n) is 12.4. The molecular weight excluding hydrogens is 444 g/mol. The van der Waals surface area contributed by atoms with Crippen LogP contribution in [-0.2, 0) is 14.3 Å². The Hall–Kier alpha value is -3.35. The van der Waals surface area contributed by atoms with E-state index >= 15 is 0 Å². The van der Waals surface area contributed by atoms with E-state index in [9.17, 15) is 19.5 Å². The molecule has 2 aromatic carbocycles. The van der Waals surface area contributed by atoms with Gasteiger partial charge in [0.2, 0.25) is 5.91 Å². The molecule has 2 aliphatic rings. The van der Waals surface area contributed by atoms with E-state index in [4.69, 9.17) is 4.74 Å². The monoisotopic (exact) mass is 478 g/mol. The van der Waals surface area contributed by atoms with Crippen molar-refractivity contribution in [2.75, 3.05) is 13.2 Å². The highest BCUT2D eigenvalue weighted by Crippen LogP contribution is 2.44. The van der Waals surface area contributed by atoms with Crippen LogP contribution in [0.3, 0.4) is 0 Å². The minimum atomic E-state index is -0.820. The first kappa shape index (κ1) is 24.8. The number of hydrogen-bond donors (Lipinski definition) is 2. The number of nitrogens with one attached hydrogen (secondary N) is 1. The summed E-state index contributed by atoms with van der Waals surface area (Å²) in [6.45, 7) is 6.42. The first-order chi connectivity index (χ1) is 16.8. The molecule has 3 atom stereocenters. The Morgan fingerprint density at radius 1 is 1.06 bits per heavy atom. The molecule has 2 N–H and O–H groups in total. The molecule has 0 spiro atoms. The molecule has 1 aliphatic heterocycles. The number of fused-ring (bicyclic) bond motifs is 3. The van der Waals surface area contributed by atoms with Crippen LogP contribution in [0.15, 0.2) is 48.5 Å². The van der Waals surface area contributed by atoms with Crippen LogP contribution in [0.25, 0.3) is 11.1 Å². The fourth-order valence-electron chi connectivity index (χ4n) is 5.40. The van der Waals surface area contributed by atoms with Crippen molar-refractivity contribution in [1.82, 2.24) is 10.2 Å². The van der Waals surface area contributed by atoms with Crippen molar-refractivity contribution >= 4 is 18.0 Å². The molecule has 1 unspecified atom stereocenters. The number of carbonyl (C=O) groups excluding carboxylic acids is 2. The van der Waals surface area contributed by atoms with E-state index in [1.807, 2.05) is 45.0 Å². The van der Waals surface area contributed by atoms with Gasteiger partial charge >= 0.3 is 12.1 Å². The predicted octanol–water partition coefficient (Wildman–Crippen LogP) is 4.65. The number of likely N-dealkylation sites (tertiary alicyclic amines) is 1. The van der Waals surface area contributed by atoms with Gasteiger partial charge in [-0.15, -0.1) is 0 Å². The summed E-state index contributed by atoms with van der Waals surface area (Å²) in [6.07, 6.45) is 0.707. The molecule has 186 valence electrons. The molecule has 1 aliphatic carbocycles. The molecule has 2 aromatic rings. The SMILES string of the molecule is CC(C)CC(NC(=O)OCC1c2ccccc2-c2ccccc21)C(=O)N1CC[C@H](C(=O)O)C[C@@H]1C. The maximum atomic E-state index is 13.4. The quantitative estimate of drug-likeness (QED) is 0.604.